The molecule has 1 aliphatic heterocycles. The standard InChI is InChI=1S/C13H9Cl4NO2/c1-2-3-4-5-18-12(19)6-7(13(18)20)9(15)11(17)10(16)8(6)14/h2H,1,3-5H2. The molecule has 7 heteroatoms. The number of carbonyl (C=O) groups excluding carboxylic acids is 2. The third-order valence-corrected chi connectivity index (χ3v) is 4.78. The predicted octanol–water partition coefficient (Wildman–Crippen LogP) is 4.86. The van der Waals surface area contributed by atoms with Crippen molar-refractivity contribution in [3.05, 3.63) is 43.9 Å². The lowest BCUT2D eigenvalue weighted by molar-refractivity contribution is 0.0653. The first kappa shape index (κ1) is 15.6. The van der Waals surface area contributed by atoms with Crippen LogP contribution in [0.2, 0.25) is 20.1 Å². The molecule has 1 aromatic carbocycles. The molecule has 1 heterocycles. The van der Waals surface area contributed by atoms with Gasteiger partial charge in [-0.25, -0.2) is 0 Å². The Labute approximate surface area is 136 Å². The first-order valence-electron chi connectivity index (χ1n) is 5.74. The molecule has 20 heavy (non-hydrogen) atoms. The van der Waals surface area contributed by atoms with Gasteiger partial charge in [-0.3, -0.25) is 14.5 Å². The minimum Gasteiger partial charge on any atom is -0.274 e. The van der Waals surface area contributed by atoms with E-state index in [-0.39, 0.29) is 37.8 Å². The Morgan fingerprint density at radius 3 is 1.75 bits per heavy atom. The van der Waals surface area contributed by atoms with Crippen molar-refractivity contribution in [3.8, 4) is 0 Å². The second kappa shape index (κ2) is 5.94. The molecule has 0 saturated heterocycles. The van der Waals surface area contributed by atoms with Crippen molar-refractivity contribution < 1.29 is 9.59 Å². The second-order valence-corrected chi connectivity index (χ2v) is 5.71. The van der Waals surface area contributed by atoms with E-state index in [1.54, 1.807) is 6.08 Å². The summed E-state index contributed by atoms with van der Waals surface area (Å²) in [6, 6.07) is 0. The van der Waals surface area contributed by atoms with Crippen LogP contribution >= 0.6 is 46.4 Å². The van der Waals surface area contributed by atoms with Gasteiger partial charge < -0.3 is 0 Å². The van der Waals surface area contributed by atoms with Crippen molar-refractivity contribution in [2.45, 2.75) is 12.8 Å². The van der Waals surface area contributed by atoms with Crippen LogP contribution in [-0.2, 0) is 0 Å². The number of unbranched alkanes of at least 4 members (excludes halogenated alkanes) is 1. The number of amides is 2. The smallest absolute Gasteiger partial charge is 0.263 e. The Bertz CT molecular complexity index is 581. The maximum atomic E-state index is 12.3. The number of fused-ring (bicyclic) bond motifs is 1. The van der Waals surface area contributed by atoms with Gasteiger partial charge in [0, 0.05) is 6.54 Å². The lowest BCUT2D eigenvalue weighted by Crippen LogP contribution is -2.30. The molecule has 0 unspecified atom stereocenters. The molecular weight excluding hydrogens is 344 g/mol. The molecule has 0 bridgehead atoms. The average Bonchev–Trinajstić information content (AvgIpc) is 2.67. The number of carbonyl (C=O) groups is 2. The molecule has 0 fully saturated rings. The molecular formula is C13H9Cl4NO2. The first-order chi connectivity index (χ1) is 9.41. The van der Waals surface area contributed by atoms with Crippen LogP contribution in [0, 0.1) is 0 Å². The molecule has 0 saturated carbocycles. The van der Waals surface area contributed by atoms with E-state index < -0.39 is 11.8 Å². The van der Waals surface area contributed by atoms with E-state index in [0.717, 1.165) is 4.90 Å². The van der Waals surface area contributed by atoms with Gasteiger partial charge in [-0.2, -0.15) is 0 Å². The van der Waals surface area contributed by atoms with E-state index in [4.69, 9.17) is 46.4 Å². The zero-order valence-electron chi connectivity index (χ0n) is 10.2. The molecule has 3 nitrogen and oxygen atoms in total. The summed E-state index contributed by atoms with van der Waals surface area (Å²) in [5.41, 5.74) is 0.0457. The topological polar surface area (TPSA) is 37.4 Å². The minimum atomic E-state index is -0.500. The first-order valence-corrected chi connectivity index (χ1v) is 7.26. The fourth-order valence-electron chi connectivity index (χ4n) is 1.99. The minimum absolute atomic E-state index is 0.0221. The van der Waals surface area contributed by atoms with Crippen LogP contribution in [0.25, 0.3) is 0 Å². The third-order valence-electron chi connectivity index (χ3n) is 2.98. The van der Waals surface area contributed by atoms with Gasteiger partial charge in [0.05, 0.1) is 31.2 Å². The maximum absolute atomic E-state index is 12.3. The van der Waals surface area contributed by atoms with Gasteiger partial charge in [0.2, 0.25) is 0 Å². The van der Waals surface area contributed by atoms with Crippen molar-refractivity contribution >= 4 is 58.2 Å². The number of rotatable bonds is 4. The van der Waals surface area contributed by atoms with Gasteiger partial charge >= 0.3 is 0 Å². The molecule has 0 spiro atoms. The van der Waals surface area contributed by atoms with Crippen LogP contribution in [-0.4, -0.2) is 23.3 Å². The quantitative estimate of drug-likeness (QED) is 0.255. The van der Waals surface area contributed by atoms with Crippen LogP contribution in [0.1, 0.15) is 33.6 Å². The second-order valence-electron chi connectivity index (χ2n) is 4.20. The summed E-state index contributed by atoms with van der Waals surface area (Å²) in [6.07, 6.45) is 3.02. The Morgan fingerprint density at radius 1 is 0.900 bits per heavy atom. The van der Waals surface area contributed by atoms with Crippen LogP contribution in [0.5, 0.6) is 0 Å². The molecule has 106 valence electrons. The lowest BCUT2D eigenvalue weighted by atomic mass is 10.1. The average molecular weight is 353 g/mol. The van der Waals surface area contributed by atoms with Crippen LogP contribution in [0.15, 0.2) is 12.7 Å². The Kier molecular flexibility index (Phi) is 4.65. The van der Waals surface area contributed by atoms with Crippen molar-refractivity contribution in [2.75, 3.05) is 6.54 Å². The summed E-state index contributed by atoms with van der Waals surface area (Å²) in [4.78, 5) is 25.6. The number of allylic oxidation sites excluding steroid dienone is 1. The monoisotopic (exact) mass is 351 g/mol. The van der Waals surface area contributed by atoms with Crippen LogP contribution in [0.3, 0.4) is 0 Å². The van der Waals surface area contributed by atoms with E-state index in [9.17, 15) is 9.59 Å². The molecule has 0 radical (unpaired) electrons. The lowest BCUT2D eigenvalue weighted by Gasteiger charge is -2.12. The van der Waals surface area contributed by atoms with Gasteiger partial charge in [0.25, 0.3) is 11.8 Å². The fraction of sp³-hybridized carbons (Fsp3) is 0.231. The number of benzene rings is 1. The highest BCUT2D eigenvalue weighted by Gasteiger charge is 2.41. The van der Waals surface area contributed by atoms with Gasteiger partial charge in [-0.1, -0.05) is 52.5 Å². The highest BCUT2D eigenvalue weighted by atomic mass is 35.5. The SMILES string of the molecule is C=CCCCN1C(=O)c2c(Cl)c(Cl)c(Cl)c(Cl)c2C1=O. The summed E-state index contributed by atoms with van der Waals surface area (Å²) < 4.78 is 0. The van der Waals surface area contributed by atoms with Gasteiger partial charge in [-0.05, 0) is 12.8 Å². The summed E-state index contributed by atoms with van der Waals surface area (Å²) >= 11 is 23.8. The number of nitrogens with zero attached hydrogens (tertiary/aromatic N) is 1. The van der Waals surface area contributed by atoms with E-state index in [2.05, 4.69) is 6.58 Å². The Balaban J connectivity index is 2.49. The molecule has 0 N–H and O–H groups in total. The fourth-order valence-corrected chi connectivity index (χ4v) is 3.01. The van der Waals surface area contributed by atoms with Crippen molar-refractivity contribution in [2.24, 2.45) is 0 Å². The third kappa shape index (κ3) is 2.33. The van der Waals surface area contributed by atoms with Crippen molar-refractivity contribution in [1.29, 1.82) is 0 Å². The number of halogens is 4. The van der Waals surface area contributed by atoms with Gasteiger partial charge in [0.15, 0.2) is 0 Å². The Morgan fingerprint density at radius 2 is 1.35 bits per heavy atom. The molecule has 0 aromatic heterocycles. The van der Waals surface area contributed by atoms with Gasteiger partial charge in [0.1, 0.15) is 0 Å². The maximum Gasteiger partial charge on any atom is 0.263 e. The molecule has 0 atom stereocenters. The summed E-state index contributed by atoms with van der Waals surface area (Å²) in [7, 11) is 0. The molecule has 2 amide bonds. The van der Waals surface area contributed by atoms with E-state index in [0.29, 0.717) is 12.8 Å². The molecule has 1 aliphatic rings. The summed E-state index contributed by atoms with van der Waals surface area (Å²) in [5, 5.41) is -0.126. The van der Waals surface area contributed by atoms with Crippen molar-refractivity contribution in [1.82, 2.24) is 4.90 Å². The van der Waals surface area contributed by atoms with Gasteiger partial charge in [-0.15, -0.1) is 6.58 Å². The van der Waals surface area contributed by atoms with E-state index >= 15 is 0 Å². The number of hydrogen-bond donors (Lipinski definition) is 0. The summed E-state index contributed by atoms with van der Waals surface area (Å²) in [6.45, 7) is 3.85. The highest BCUT2D eigenvalue weighted by molar-refractivity contribution is 6.55. The van der Waals surface area contributed by atoms with Crippen LogP contribution < -0.4 is 0 Å². The Hall–Kier alpha value is -0.740. The molecule has 2 rings (SSSR count). The zero-order chi connectivity index (χ0) is 15.0. The molecule has 1 aromatic rings. The predicted molar refractivity (Wildman–Crippen MR) is 81.3 cm³/mol. The highest BCUT2D eigenvalue weighted by Crippen LogP contribution is 2.44. The number of hydrogen-bond acceptors (Lipinski definition) is 2. The zero-order valence-corrected chi connectivity index (χ0v) is 13.2. The van der Waals surface area contributed by atoms with Crippen molar-refractivity contribution in [3.63, 3.8) is 0 Å². The normalized spacial score (nSPS) is 13.9. The van der Waals surface area contributed by atoms with Crippen LogP contribution in [0.4, 0.5) is 0 Å². The largest absolute Gasteiger partial charge is 0.274 e. The summed E-state index contributed by atoms with van der Waals surface area (Å²) in [5.74, 6) is -1.00. The van der Waals surface area contributed by atoms with E-state index in [1.807, 2.05) is 0 Å². The van der Waals surface area contributed by atoms with E-state index in [1.165, 1.54) is 0 Å². The number of imide groups is 1. The molecule has 0 aliphatic carbocycles.